The van der Waals surface area contributed by atoms with Gasteiger partial charge in [-0.05, 0) is 25.1 Å². The van der Waals surface area contributed by atoms with Gasteiger partial charge in [0.1, 0.15) is 34.0 Å². The molecule has 0 aliphatic carbocycles. The Labute approximate surface area is 165 Å². The summed E-state index contributed by atoms with van der Waals surface area (Å²) in [6.45, 7) is 1.05. The monoisotopic (exact) mass is 420 g/mol. The van der Waals surface area contributed by atoms with Gasteiger partial charge in [0, 0.05) is 11.8 Å². The molecule has 30 heavy (non-hydrogen) atoms. The molecular formula is C18H12F4N6O2. The first-order chi connectivity index (χ1) is 14.2. The number of nitrogens with one attached hydrogen (secondary N) is 1. The second-order valence-electron chi connectivity index (χ2n) is 6.27. The number of rotatable bonds is 5. The van der Waals surface area contributed by atoms with Crippen LogP contribution in [0.4, 0.5) is 17.6 Å². The molecule has 1 N–H and O–H groups in total. The number of nitrogens with zero attached hydrogens (tertiary/aromatic N) is 5. The highest BCUT2D eigenvalue weighted by molar-refractivity contribution is 5.95. The molecule has 0 atom stereocenters. The predicted octanol–water partition coefficient (Wildman–Crippen LogP) is 3.24. The molecular weight excluding hydrogens is 408 g/mol. The minimum atomic E-state index is -4.69. The number of carbonyl (C=O) groups is 1. The lowest BCUT2D eigenvalue weighted by atomic mass is 10.1. The van der Waals surface area contributed by atoms with Crippen LogP contribution in [0.5, 0.6) is 5.75 Å². The number of alkyl halides is 3. The molecule has 4 aromatic rings. The number of carbonyl (C=O) groups excluding carboxylic acids is 1. The van der Waals surface area contributed by atoms with Crippen LogP contribution in [0.3, 0.4) is 0 Å². The van der Waals surface area contributed by atoms with Crippen molar-refractivity contribution in [1.82, 2.24) is 30.0 Å². The molecule has 4 heterocycles. The third-order valence-corrected chi connectivity index (χ3v) is 4.25. The van der Waals surface area contributed by atoms with E-state index in [0.717, 1.165) is 22.8 Å². The number of ether oxygens (including phenoxy) is 1. The Balaban J connectivity index is 1.75. The summed E-state index contributed by atoms with van der Waals surface area (Å²) in [7, 11) is 0. The Bertz CT molecular complexity index is 1230. The highest BCUT2D eigenvalue weighted by atomic mass is 19.4. The van der Waals surface area contributed by atoms with Crippen LogP contribution >= 0.6 is 0 Å². The molecule has 0 amide bonds. The van der Waals surface area contributed by atoms with Crippen molar-refractivity contribution in [3.63, 3.8) is 0 Å². The van der Waals surface area contributed by atoms with Gasteiger partial charge in [0.2, 0.25) is 5.78 Å². The molecule has 8 nitrogen and oxygen atoms in total. The van der Waals surface area contributed by atoms with E-state index >= 15 is 0 Å². The van der Waals surface area contributed by atoms with Gasteiger partial charge in [-0.3, -0.25) is 4.79 Å². The number of hydrogen-bond donors (Lipinski definition) is 1. The number of aryl methyl sites for hydroxylation is 1. The van der Waals surface area contributed by atoms with Crippen LogP contribution < -0.4 is 4.74 Å². The molecule has 154 valence electrons. The highest BCUT2D eigenvalue weighted by Gasteiger charge is 2.36. The molecule has 0 aliphatic heterocycles. The second-order valence-corrected chi connectivity index (χ2v) is 6.27. The summed E-state index contributed by atoms with van der Waals surface area (Å²) >= 11 is 0. The van der Waals surface area contributed by atoms with Crippen LogP contribution in [0.2, 0.25) is 0 Å². The van der Waals surface area contributed by atoms with Crippen molar-refractivity contribution in [3.8, 4) is 17.0 Å². The first kappa shape index (κ1) is 19.5. The zero-order chi connectivity index (χ0) is 21.5. The van der Waals surface area contributed by atoms with Gasteiger partial charge < -0.3 is 4.74 Å². The summed E-state index contributed by atoms with van der Waals surface area (Å²) < 4.78 is 59.7. The van der Waals surface area contributed by atoms with Gasteiger partial charge in [-0.1, -0.05) is 0 Å². The number of hydrogen-bond acceptors (Lipinski definition) is 6. The molecule has 0 fully saturated rings. The van der Waals surface area contributed by atoms with E-state index in [1.807, 2.05) is 0 Å². The molecule has 0 saturated heterocycles. The standard InChI is InChI=1S/C18H12F4N6O2/c1-9-16(26-27-25-9)10-4-15(17-12(18(20,21)22)6-24-28(17)7-10)30-8-14(29)13-3-2-11(19)5-23-13/h2-7H,8H2,1H3,(H,25,26,27). The molecule has 0 aromatic carbocycles. The van der Waals surface area contributed by atoms with E-state index in [4.69, 9.17) is 4.74 Å². The Morgan fingerprint density at radius 3 is 2.67 bits per heavy atom. The van der Waals surface area contributed by atoms with E-state index in [9.17, 15) is 22.4 Å². The smallest absolute Gasteiger partial charge is 0.420 e. The fraction of sp³-hybridized carbons (Fsp3) is 0.167. The fourth-order valence-corrected chi connectivity index (χ4v) is 2.85. The van der Waals surface area contributed by atoms with E-state index < -0.39 is 29.9 Å². The first-order valence-corrected chi connectivity index (χ1v) is 8.48. The van der Waals surface area contributed by atoms with Crippen molar-refractivity contribution < 1.29 is 27.1 Å². The Kier molecular flexibility index (Phi) is 4.68. The van der Waals surface area contributed by atoms with Crippen molar-refractivity contribution in [2.24, 2.45) is 0 Å². The zero-order valence-electron chi connectivity index (χ0n) is 15.2. The number of fused-ring (bicyclic) bond motifs is 1. The number of halogens is 4. The van der Waals surface area contributed by atoms with Crippen molar-refractivity contribution in [3.05, 3.63) is 59.6 Å². The number of aromatic amines is 1. The molecule has 4 aromatic heterocycles. The predicted molar refractivity (Wildman–Crippen MR) is 94.3 cm³/mol. The molecule has 4 rings (SSSR count). The van der Waals surface area contributed by atoms with Gasteiger partial charge in [0.05, 0.1) is 18.1 Å². The number of ketones is 1. The quantitative estimate of drug-likeness (QED) is 0.393. The second kappa shape index (κ2) is 7.21. The van der Waals surface area contributed by atoms with Gasteiger partial charge in [-0.15, -0.1) is 0 Å². The minimum Gasteiger partial charge on any atom is -0.483 e. The Morgan fingerprint density at radius 2 is 2.03 bits per heavy atom. The summed E-state index contributed by atoms with van der Waals surface area (Å²) in [5.74, 6) is -1.49. The number of Topliss-reactive ketones (excluding diaryl/α,β-unsaturated/α-hetero) is 1. The summed E-state index contributed by atoms with van der Waals surface area (Å²) in [5, 5.41) is 14.0. The van der Waals surface area contributed by atoms with Gasteiger partial charge in [0.25, 0.3) is 0 Å². The summed E-state index contributed by atoms with van der Waals surface area (Å²) in [6, 6.07) is 3.53. The van der Waals surface area contributed by atoms with Gasteiger partial charge >= 0.3 is 6.18 Å². The fourth-order valence-electron chi connectivity index (χ4n) is 2.85. The summed E-state index contributed by atoms with van der Waals surface area (Å²) in [5.41, 5.74) is -0.179. The molecule has 0 radical (unpaired) electrons. The molecule has 0 saturated carbocycles. The third-order valence-electron chi connectivity index (χ3n) is 4.25. The van der Waals surface area contributed by atoms with Crippen molar-refractivity contribution in [2.75, 3.05) is 6.61 Å². The number of pyridine rings is 2. The topological polar surface area (TPSA) is 98.1 Å². The summed E-state index contributed by atoms with van der Waals surface area (Å²) in [6.07, 6.45) is -1.80. The third kappa shape index (κ3) is 3.58. The van der Waals surface area contributed by atoms with Crippen LogP contribution in [0.15, 0.2) is 36.8 Å². The van der Waals surface area contributed by atoms with Crippen molar-refractivity contribution in [2.45, 2.75) is 13.1 Å². The molecule has 0 bridgehead atoms. The van der Waals surface area contributed by atoms with Crippen LogP contribution in [0.1, 0.15) is 21.7 Å². The van der Waals surface area contributed by atoms with Gasteiger partial charge in [-0.25, -0.2) is 13.9 Å². The van der Waals surface area contributed by atoms with Crippen LogP contribution in [-0.2, 0) is 6.18 Å². The lowest BCUT2D eigenvalue weighted by Crippen LogP contribution is -2.14. The minimum absolute atomic E-state index is 0.0829. The van der Waals surface area contributed by atoms with Crippen molar-refractivity contribution >= 4 is 11.3 Å². The zero-order valence-corrected chi connectivity index (χ0v) is 15.2. The van der Waals surface area contributed by atoms with Crippen LogP contribution in [0.25, 0.3) is 16.8 Å². The lowest BCUT2D eigenvalue weighted by molar-refractivity contribution is -0.136. The van der Waals surface area contributed by atoms with Crippen LogP contribution in [0, 0.1) is 12.7 Å². The maximum Gasteiger partial charge on any atom is 0.420 e. The van der Waals surface area contributed by atoms with E-state index in [0.29, 0.717) is 23.1 Å². The van der Waals surface area contributed by atoms with Gasteiger partial charge in [0.15, 0.2) is 6.61 Å². The largest absolute Gasteiger partial charge is 0.483 e. The normalized spacial score (nSPS) is 11.8. The van der Waals surface area contributed by atoms with E-state index in [1.54, 1.807) is 6.92 Å². The number of H-pyrrole nitrogens is 1. The van der Waals surface area contributed by atoms with Crippen molar-refractivity contribution in [1.29, 1.82) is 0 Å². The molecule has 12 heteroatoms. The average molecular weight is 420 g/mol. The maximum atomic E-state index is 13.4. The SMILES string of the molecule is Cc1n[nH]nc1-c1cc(OCC(=O)c2ccc(F)cn2)c2c(C(F)(F)F)cnn2c1. The summed E-state index contributed by atoms with van der Waals surface area (Å²) in [4.78, 5) is 15.9. The number of aromatic nitrogens is 6. The molecule has 0 unspecified atom stereocenters. The average Bonchev–Trinajstić information content (AvgIpc) is 3.32. The Hall–Kier alpha value is -3.83. The van der Waals surface area contributed by atoms with E-state index in [2.05, 4.69) is 25.5 Å². The first-order valence-electron chi connectivity index (χ1n) is 8.48. The Morgan fingerprint density at radius 1 is 1.23 bits per heavy atom. The highest BCUT2D eigenvalue weighted by Crippen LogP contribution is 2.38. The van der Waals surface area contributed by atoms with Gasteiger partial charge in [-0.2, -0.15) is 33.7 Å². The molecule has 0 spiro atoms. The van der Waals surface area contributed by atoms with E-state index in [-0.39, 0.29) is 17.0 Å². The lowest BCUT2D eigenvalue weighted by Gasteiger charge is -2.12. The molecule has 0 aliphatic rings. The maximum absolute atomic E-state index is 13.4. The van der Waals surface area contributed by atoms with E-state index in [1.165, 1.54) is 12.3 Å². The van der Waals surface area contributed by atoms with Crippen LogP contribution in [-0.4, -0.2) is 42.4 Å².